The molecule has 0 saturated carbocycles. The van der Waals surface area contributed by atoms with E-state index in [1.165, 1.54) is 12.1 Å². The molecular formula is C15H11BrF2N2. The molecule has 2 aromatic rings. The van der Waals surface area contributed by atoms with E-state index in [1.807, 2.05) is 6.07 Å². The molecule has 2 rings (SSSR count). The number of nitrogens with one attached hydrogen (secondary N) is 1. The maximum atomic E-state index is 13.6. The lowest BCUT2D eigenvalue weighted by Gasteiger charge is -2.08. The van der Waals surface area contributed by atoms with Crippen LogP contribution in [0.2, 0.25) is 0 Å². The monoisotopic (exact) mass is 336 g/mol. The van der Waals surface area contributed by atoms with Gasteiger partial charge in [0, 0.05) is 28.7 Å². The smallest absolute Gasteiger partial charge is 0.129 e. The van der Waals surface area contributed by atoms with Gasteiger partial charge in [0.1, 0.15) is 11.6 Å². The van der Waals surface area contributed by atoms with Gasteiger partial charge in [-0.25, -0.2) is 8.78 Å². The van der Waals surface area contributed by atoms with Crippen LogP contribution in [0.5, 0.6) is 0 Å². The predicted octanol–water partition coefficient (Wildman–Crippen LogP) is 3.89. The quantitative estimate of drug-likeness (QED) is 0.919. The van der Waals surface area contributed by atoms with E-state index in [4.69, 9.17) is 5.26 Å². The fourth-order valence-electron chi connectivity index (χ4n) is 1.77. The van der Waals surface area contributed by atoms with Crippen molar-refractivity contribution in [1.29, 1.82) is 5.26 Å². The van der Waals surface area contributed by atoms with E-state index in [1.54, 1.807) is 24.3 Å². The van der Waals surface area contributed by atoms with E-state index >= 15 is 0 Å². The van der Waals surface area contributed by atoms with Crippen LogP contribution in [0.4, 0.5) is 8.78 Å². The van der Waals surface area contributed by atoms with Crippen molar-refractivity contribution in [3.05, 3.63) is 69.2 Å². The minimum absolute atomic E-state index is 0.267. The molecule has 5 heteroatoms. The molecule has 0 aliphatic carbocycles. The summed E-state index contributed by atoms with van der Waals surface area (Å²) in [6.45, 7) is 0.564. The van der Waals surface area contributed by atoms with Crippen molar-refractivity contribution in [2.45, 2.75) is 13.1 Å². The van der Waals surface area contributed by atoms with Crippen LogP contribution in [-0.2, 0) is 13.1 Å². The van der Waals surface area contributed by atoms with Gasteiger partial charge < -0.3 is 5.32 Å². The molecular weight excluding hydrogens is 326 g/mol. The summed E-state index contributed by atoms with van der Waals surface area (Å²) in [6, 6.07) is 10.9. The molecule has 102 valence electrons. The Labute approximate surface area is 124 Å². The Morgan fingerprint density at radius 1 is 1.00 bits per heavy atom. The second kappa shape index (κ2) is 6.60. The molecule has 0 spiro atoms. The lowest BCUT2D eigenvalue weighted by molar-refractivity contribution is 0.569. The Balaban J connectivity index is 2.00. The molecule has 0 bridgehead atoms. The SMILES string of the molecule is N#Cc1ccc(CNCc2cc(Br)ccc2F)c(F)c1. The number of hydrogen-bond acceptors (Lipinski definition) is 2. The first-order chi connectivity index (χ1) is 9.60. The lowest BCUT2D eigenvalue weighted by Crippen LogP contribution is -2.14. The van der Waals surface area contributed by atoms with Crippen molar-refractivity contribution >= 4 is 15.9 Å². The van der Waals surface area contributed by atoms with Gasteiger partial charge in [-0.3, -0.25) is 0 Å². The summed E-state index contributed by atoms with van der Waals surface area (Å²) in [6.07, 6.45) is 0. The average molecular weight is 337 g/mol. The molecule has 0 unspecified atom stereocenters. The summed E-state index contributed by atoms with van der Waals surface area (Å²) in [5, 5.41) is 11.6. The van der Waals surface area contributed by atoms with Gasteiger partial charge in [-0.2, -0.15) is 5.26 Å². The largest absolute Gasteiger partial charge is 0.308 e. The highest BCUT2D eigenvalue weighted by Gasteiger charge is 2.05. The summed E-state index contributed by atoms with van der Waals surface area (Å²) < 4.78 is 27.9. The third-order valence-corrected chi connectivity index (χ3v) is 3.31. The molecule has 0 aliphatic rings. The fourth-order valence-corrected chi connectivity index (χ4v) is 2.18. The molecule has 0 amide bonds. The van der Waals surface area contributed by atoms with Gasteiger partial charge in [0.25, 0.3) is 0 Å². The Morgan fingerprint density at radius 2 is 1.75 bits per heavy atom. The molecule has 20 heavy (non-hydrogen) atoms. The second-order valence-electron chi connectivity index (χ2n) is 4.26. The van der Waals surface area contributed by atoms with Crippen molar-refractivity contribution in [3.63, 3.8) is 0 Å². The zero-order valence-corrected chi connectivity index (χ0v) is 12.0. The van der Waals surface area contributed by atoms with Crippen molar-refractivity contribution in [3.8, 4) is 6.07 Å². The summed E-state index contributed by atoms with van der Waals surface area (Å²) in [7, 11) is 0. The minimum Gasteiger partial charge on any atom is -0.308 e. The lowest BCUT2D eigenvalue weighted by atomic mass is 10.1. The molecule has 0 fully saturated rings. The van der Waals surface area contributed by atoms with E-state index in [0.29, 0.717) is 17.7 Å². The number of benzene rings is 2. The van der Waals surface area contributed by atoms with Gasteiger partial charge in [0.15, 0.2) is 0 Å². The zero-order chi connectivity index (χ0) is 14.5. The van der Waals surface area contributed by atoms with Crippen LogP contribution in [0.3, 0.4) is 0 Å². The molecule has 2 aromatic carbocycles. The van der Waals surface area contributed by atoms with Gasteiger partial charge in [-0.05, 0) is 30.3 Å². The van der Waals surface area contributed by atoms with Crippen LogP contribution in [0.25, 0.3) is 0 Å². The van der Waals surface area contributed by atoms with Crippen molar-refractivity contribution in [2.75, 3.05) is 0 Å². The normalized spacial score (nSPS) is 10.3. The maximum absolute atomic E-state index is 13.6. The van der Waals surface area contributed by atoms with Crippen LogP contribution < -0.4 is 5.32 Å². The molecule has 0 saturated heterocycles. The molecule has 2 nitrogen and oxygen atoms in total. The summed E-state index contributed by atoms with van der Waals surface area (Å²) >= 11 is 3.28. The molecule has 0 aromatic heterocycles. The topological polar surface area (TPSA) is 35.8 Å². The molecule has 0 heterocycles. The Morgan fingerprint density at radius 3 is 2.45 bits per heavy atom. The third-order valence-electron chi connectivity index (χ3n) is 2.82. The Hall–Kier alpha value is -1.77. The number of nitriles is 1. The van der Waals surface area contributed by atoms with Gasteiger partial charge in [-0.1, -0.05) is 22.0 Å². The first-order valence-electron chi connectivity index (χ1n) is 5.93. The van der Waals surface area contributed by atoms with E-state index in [9.17, 15) is 8.78 Å². The average Bonchev–Trinajstić information content (AvgIpc) is 2.44. The number of rotatable bonds is 4. The molecule has 0 aliphatic heterocycles. The van der Waals surface area contributed by atoms with E-state index in [0.717, 1.165) is 4.47 Å². The van der Waals surface area contributed by atoms with Gasteiger partial charge in [0.2, 0.25) is 0 Å². The third kappa shape index (κ3) is 3.62. The van der Waals surface area contributed by atoms with Gasteiger partial charge in [-0.15, -0.1) is 0 Å². The maximum Gasteiger partial charge on any atom is 0.129 e. The van der Waals surface area contributed by atoms with E-state index in [2.05, 4.69) is 21.2 Å². The second-order valence-corrected chi connectivity index (χ2v) is 5.17. The number of nitrogens with zero attached hydrogens (tertiary/aromatic N) is 1. The highest BCUT2D eigenvalue weighted by atomic mass is 79.9. The van der Waals surface area contributed by atoms with Gasteiger partial charge >= 0.3 is 0 Å². The molecule has 1 N–H and O–H groups in total. The Kier molecular flexibility index (Phi) is 4.83. The molecule has 0 atom stereocenters. The minimum atomic E-state index is -0.439. The highest BCUT2D eigenvalue weighted by molar-refractivity contribution is 9.10. The van der Waals surface area contributed by atoms with Crippen molar-refractivity contribution in [2.24, 2.45) is 0 Å². The predicted molar refractivity (Wildman–Crippen MR) is 75.8 cm³/mol. The summed E-state index contributed by atoms with van der Waals surface area (Å²) in [5.74, 6) is -0.743. The summed E-state index contributed by atoms with van der Waals surface area (Å²) in [5.41, 5.74) is 1.23. The van der Waals surface area contributed by atoms with Crippen LogP contribution >= 0.6 is 15.9 Å². The zero-order valence-electron chi connectivity index (χ0n) is 10.5. The van der Waals surface area contributed by atoms with Crippen LogP contribution in [0.15, 0.2) is 40.9 Å². The summed E-state index contributed by atoms with van der Waals surface area (Å²) in [4.78, 5) is 0. The first-order valence-corrected chi connectivity index (χ1v) is 6.72. The molecule has 0 radical (unpaired) electrons. The standard InChI is InChI=1S/C15H11BrF2N2/c16-13-3-4-14(17)12(6-13)9-20-8-11-2-1-10(7-19)5-15(11)18/h1-6,20H,8-9H2. The number of halogens is 3. The van der Waals surface area contributed by atoms with Crippen LogP contribution in [0.1, 0.15) is 16.7 Å². The fraction of sp³-hybridized carbons (Fsp3) is 0.133. The van der Waals surface area contributed by atoms with E-state index < -0.39 is 5.82 Å². The van der Waals surface area contributed by atoms with Crippen LogP contribution in [-0.4, -0.2) is 0 Å². The van der Waals surface area contributed by atoms with Crippen molar-refractivity contribution in [1.82, 2.24) is 5.32 Å². The van der Waals surface area contributed by atoms with Crippen LogP contribution in [0, 0.1) is 23.0 Å². The number of hydrogen-bond donors (Lipinski definition) is 1. The van der Waals surface area contributed by atoms with E-state index in [-0.39, 0.29) is 17.9 Å². The first kappa shape index (κ1) is 14.6. The van der Waals surface area contributed by atoms with Gasteiger partial charge in [0.05, 0.1) is 11.6 Å². The van der Waals surface area contributed by atoms with Crippen molar-refractivity contribution < 1.29 is 8.78 Å². The highest BCUT2D eigenvalue weighted by Crippen LogP contribution is 2.16. The Bertz CT molecular complexity index is 665.